The number of allylic oxidation sites excluding steroid dienone is 3. The minimum Gasteiger partial charge on any atom is -0.313 e. The highest BCUT2D eigenvalue weighted by atomic mass is 32.2. The summed E-state index contributed by atoms with van der Waals surface area (Å²) in [6.45, 7) is 18.2. The molecule has 0 fully saturated rings. The third kappa shape index (κ3) is 15.0. The summed E-state index contributed by atoms with van der Waals surface area (Å²) in [5, 5.41) is 7.69. The molecule has 0 amide bonds. The van der Waals surface area contributed by atoms with Gasteiger partial charge in [0.05, 0.1) is 47.7 Å². The van der Waals surface area contributed by atoms with E-state index in [1.165, 1.54) is 89.6 Å². The monoisotopic (exact) mass is 1970 g/mol. The number of hydrogen-bond donors (Lipinski definition) is 0. The van der Waals surface area contributed by atoms with E-state index in [9.17, 15) is 16.8 Å². The predicted octanol–water partition coefficient (Wildman–Crippen LogP) is 28.4. The number of nitrogens with zero attached hydrogens (tertiary/aromatic N) is 9. The van der Waals surface area contributed by atoms with Gasteiger partial charge in [0.25, 0.3) is 0 Å². The molecular formula is C132H101N9O4S2Si. The molecule has 0 saturated heterocycles. The first-order valence-electron chi connectivity index (χ1n) is 50.2. The SMILES string of the molecule is CC1(C)C(N2c3ccccc3[Si](c3ccccc3)(c3ccccc3)c3ccccc32)=Cc2c(-c3nc(-c4ccccc4)nc(-c4ccccc4)n3)cccc21.CC1(C)C=C(N2c3ccccc3C(C)(C)c3ccccc32)c2c(-c3nc(-c4ccccc4)nc(-c4ccccc4)n3)cccc21.CC1(C)C=Cc2cc(-c3ccc4c(c3)c3ccccc3n4-c3ccccc3)c(-c3cccc4c3S(=O)(=O)c3ccccc3S4(=O)=O)cc21. The highest BCUT2D eigenvalue weighted by Crippen LogP contribution is 2.58. The van der Waals surface area contributed by atoms with Gasteiger partial charge in [-0.05, 0) is 173 Å². The number of hydrogen-bond acceptors (Lipinski definition) is 12. The van der Waals surface area contributed by atoms with Crippen LogP contribution in [-0.2, 0) is 41.3 Å². The Morgan fingerprint density at radius 2 is 0.703 bits per heavy atom. The van der Waals surface area contributed by atoms with Crippen molar-refractivity contribution in [1.29, 1.82) is 0 Å². The lowest BCUT2D eigenvalue weighted by Gasteiger charge is -2.47. The average Bonchev–Trinajstić information content (AvgIpc) is 1.15. The number of fused-ring (bicyclic) bond motifs is 12. The van der Waals surface area contributed by atoms with Crippen molar-refractivity contribution >= 4 is 111 Å². The first-order valence-corrected chi connectivity index (χ1v) is 55.2. The topological polar surface area (TPSA) is 157 Å². The van der Waals surface area contributed by atoms with E-state index in [1.54, 1.807) is 24.3 Å². The summed E-state index contributed by atoms with van der Waals surface area (Å²) >= 11 is 0. The summed E-state index contributed by atoms with van der Waals surface area (Å²) in [7, 11) is -11.0. The number of benzene rings is 18. The molecule has 0 bridgehead atoms. The van der Waals surface area contributed by atoms with Crippen molar-refractivity contribution in [2.45, 2.75) is 96.6 Å². The lowest BCUT2D eigenvalue weighted by Crippen LogP contribution is -2.77. The van der Waals surface area contributed by atoms with E-state index in [2.05, 4.69) is 391 Å². The molecular weight excluding hydrogens is 1870 g/mol. The number of anilines is 4. The lowest BCUT2D eigenvalue weighted by molar-refractivity contribution is 0.570. The second-order valence-corrected chi connectivity index (χ2v) is 48.3. The van der Waals surface area contributed by atoms with E-state index in [1.807, 2.05) is 103 Å². The number of aromatic nitrogens is 7. The van der Waals surface area contributed by atoms with Crippen LogP contribution in [0.15, 0.2) is 480 Å². The fraction of sp³-hybridized carbons (Fsp3) is 0.0909. The van der Waals surface area contributed by atoms with Crippen molar-refractivity contribution < 1.29 is 16.8 Å². The predicted molar refractivity (Wildman–Crippen MR) is 605 cm³/mol. The zero-order valence-corrected chi connectivity index (χ0v) is 85.6. The summed E-state index contributed by atoms with van der Waals surface area (Å²) < 4.78 is 58.8. The maximum atomic E-state index is 14.4. The van der Waals surface area contributed by atoms with Crippen LogP contribution < -0.4 is 30.5 Å². The van der Waals surface area contributed by atoms with Crippen LogP contribution >= 0.6 is 0 Å². The normalized spacial score (nSPS) is 15.5. The molecule has 16 heteroatoms. The summed E-state index contributed by atoms with van der Waals surface area (Å²) in [5.41, 5.74) is 27.6. The van der Waals surface area contributed by atoms with Gasteiger partial charge in [-0.1, -0.05) is 425 Å². The number of sulfone groups is 2. The van der Waals surface area contributed by atoms with E-state index in [0.717, 1.165) is 100.0 Å². The van der Waals surface area contributed by atoms with Crippen LogP contribution in [0.25, 0.3) is 136 Å². The third-order valence-electron chi connectivity index (χ3n) is 30.5. The number of rotatable bonds is 13. The van der Waals surface area contributed by atoms with E-state index in [4.69, 9.17) is 29.9 Å². The van der Waals surface area contributed by atoms with E-state index in [0.29, 0.717) is 46.1 Å². The molecule has 21 aromatic rings. The molecule has 0 N–H and O–H groups in total. The minimum absolute atomic E-state index is 0.135. The van der Waals surface area contributed by atoms with Gasteiger partial charge < -0.3 is 14.4 Å². The van der Waals surface area contributed by atoms with Gasteiger partial charge in [0.2, 0.25) is 19.7 Å². The second kappa shape index (κ2) is 35.6. The molecule has 27 rings (SSSR count). The Morgan fingerprint density at radius 3 is 1.25 bits per heavy atom. The molecule has 0 saturated carbocycles. The Kier molecular flexibility index (Phi) is 22.1. The highest BCUT2D eigenvalue weighted by molar-refractivity contribution is 7.97. The Bertz CT molecular complexity index is 9070. The molecule has 0 unspecified atom stereocenters. The maximum absolute atomic E-state index is 14.4. The minimum atomic E-state index is -4.18. The van der Waals surface area contributed by atoms with Crippen molar-refractivity contribution in [1.82, 2.24) is 34.5 Å². The van der Waals surface area contributed by atoms with E-state index in [-0.39, 0.29) is 41.2 Å². The van der Waals surface area contributed by atoms with E-state index < -0.39 is 27.7 Å². The average molecular weight is 1970 g/mol. The Morgan fingerprint density at radius 1 is 0.284 bits per heavy atom. The summed E-state index contributed by atoms with van der Waals surface area (Å²) in [6.07, 6.45) is 9.08. The molecule has 18 aromatic carbocycles. The van der Waals surface area contributed by atoms with Crippen molar-refractivity contribution in [2.75, 3.05) is 9.80 Å². The van der Waals surface area contributed by atoms with Crippen molar-refractivity contribution in [3.05, 3.63) is 505 Å². The zero-order chi connectivity index (χ0) is 101. The fourth-order valence-electron chi connectivity index (χ4n) is 23.4. The Balaban J connectivity index is 0.000000116. The molecule has 13 nitrogen and oxygen atoms in total. The van der Waals surface area contributed by atoms with Crippen LogP contribution in [0.4, 0.5) is 22.7 Å². The summed E-state index contributed by atoms with van der Waals surface area (Å²) in [5.74, 6) is 3.97. The van der Waals surface area contributed by atoms with Gasteiger partial charge >= 0.3 is 0 Å². The Labute approximate surface area is 863 Å². The van der Waals surface area contributed by atoms with Crippen molar-refractivity contribution in [3.8, 4) is 96.3 Å². The van der Waals surface area contributed by atoms with Gasteiger partial charge in [0.1, 0.15) is 0 Å². The van der Waals surface area contributed by atoms with Crippen LogP contribution in [0, 0.1) is 0 Å². The quantitative estimate of drug-likeness (QED) is 0.101. The van der Waals surface area contributed by atoms with Gasteiger partial charge in [-0.25, -0.2) is 46.7 Å². The van der Waals surface area contributed by atoms with Crippen LogP contribution in [-0.4, -0.2) is 59.4 Å². The summed E-state index contributed by atoms with van der Waals surface area (Å²) in [6, 6.07) is 152. The van der Waals surface area contributed by atoms with Crippen molar-refractivity contribution in [3.63, 3.8) is 0 Å². The summed E-state index contributed by atoms with van der Waals surface area (Å²) in [4.78, 5) is 34.8. The molecule has 0 spiro atoms. The van der Waals surface area contributed by atoms with Gasteiger partial charge in [-0.3, -0.25) is 0 Å². The first kappa shape index (κ1) is 91.9. The van der Waals surface area contributed by atoms with Gasteiger partial charge in [0, 0.05) is 99.7 Å². The highest BCUT2D eigenvalue weighted by Gasteiger charge is 2.52. The third-order valence-corrected chi connectivity index (χ3v) is 39.4. The van der Waals surface area contributed by atoms with Gasteiger partial charge in [-0.2, -0.15) is 0 Å². The molecule has 148 heavy (non-hydrogen) atoms. The van der Waals surface area contributed by atoms with Crippen LogP contribution in [0.1, 0.15) is 99.9 Å². The smallest absolute Gasteiger partial charge is 0.209 e. The van der Waals surface area contributed by atoms with Crippen LogP contribution in [0.2, 0.25) is 0 Å². The molecule has 0 atom stereocenters. The molecule has 6 heterocycles. The van der Waals surface area contributed by atoms with Crippen molar-refractivity contribution in [2.24, 2.45) is 0 Å². The van der Waals surface area contributed by atoms with Crippen LogP contribution in [0.3, 0.4) is 0 Å². The molecule has 6 aliphatic rings. The fourth-order valence-corrected chi connectivity index (χ4v) is 32.9. The maximum Gasteiger partial charge on any atom is 0.209 e. The first-order chi connectivity index (χ1) is 71.9. The molecule has 0 radical (unpaired) electrons. The van der Waals surface area contributed by atoms with E-state index >= 15 is 0 Å². The largest absolute Gasteiger partial charge is 0.313 e. The molecule has 3 aromatic heterocycles. The second-order valence-electron chi connectivity index (χ2n) is 40.9. The lowest BCUT2D eigenvalue weighted by atomic mass is 9.73. The molecule has 3 aliphatic carbocycles. The van der Waals surface area contributed by atoms with Gasteiger partial charge in [-0.15, -0.1) is 0 Å². The van der Waals surface area contributed by atoms with Crippen LogP contribution in [0.5, 0.6) is 0 Å². The van der Waals surface area contributed by atoms with Gasteiger partial charge in [0.15, 0.2) is 43.0 Å². The number of para-hydroxylation sites is 6. The molecule has 3 aliphatic heterocycles. The zero-order valence-electron chi connectivity index (χ0n) is 82.9. The molecule has 714 valence electrons. The Hall–Kier alpha value is -17.3. The standard InChI is InChI=1S/C50H38N4Si.C41H34N4.C41H29NO4S2/c1-50(2)41-29-19-28-39(49-52-47(35-20-7-3-8-21-35)51-48(53-49)36-22-9-4-10-23-36)40(41)34-46(50)54-42-30-15-17-32-44(42)55(37-24-11-5-12-25-37,38-26-13-6-14-27-38)45-33-18-16-31-43(45)54;1-40(2)26-35(45-33-24-13-11-21-30(33)41(3,4)31-22-12-14-25-34(31)45)36-29(20-15-23-32(36)40)39-43-37(27-16-7-5-8-17-27)42-38(44-39)28-18-9-6-10-19-28;1-41(2)22-21-27-24-31(26-19-20-36-33(23-26)29-13-6-7-15-35(29)42(36)28-11-4-3-5-12-28)32(25-34(27)41)30-14-10-18-39-40(30)48(45,46)38-17-9-8-16-37(38)47(39,43)44/h3-34H,1-2H3;5-26H,1-4H3;3-25H,1-2H3.